The number of aromatic carboxylic acids is 1. The van der Waals surface area contributed by atoms with Gasteiger partial charge in [0.1, 0.15) is 11.5 Å². The van der Waals surface area contributed by atoms with Gasteiger partial charge in [0.15, 0.2) is 9.84 Å². The molecular weight excluding hydrogens is 298 g/mol. The SMILES string of the molecule is COc1ccc(NC(=O)CS(=O)(=O)C(C)C)c(C(=O)O)c1. The number of amides is 1. The number of carboxylic acids is 1. The van der Waals surface area contributed by atoms with Crippen molar-refractivity contribution < 1.29 is 27.9 Å². The molecule has 0 unspecified atom stereocenters. The number of carboxylic acid groups (broad SMARTS) is 1. The van der Waals surface area contributed by atoms with Gasteiger partial charge in [-0.1, -0.05) is 0 Å². The quantitative estimate of drug-likeness (QED) is 0.815. The molecule has 0 atom stereocenters. The maximum atomic E-state index is 11.7. The first-order valence-corrected chi connectivity index (χ1v) is 7.81. The van der Waals surface area contributed by atoms with Crippen LogP contribution in [-0.2, 0) is 14.6 Å². The van der Waals surface area contributed by atoms with E-state index in [2.05, 4.69) is 5.32 Å². The van der Waals surface area contributed by atoms with Crippen LogP contribution in [0.2, 0.25) is 0 Å². The number of sulfone groups is 1. The predicted octanol–water partition coefficient (Wildman–Crippen LogP) is 1.16. The highest BCUT2D eigenvalue weighted by Gasteiger charge is 2.22. The third-order valence-corrected chi connectivity index (χ3v) is 4.88. The minimum atomic E-state index is -3.55. The summed E-state index contributed by atoms with van der Waals surface area (Å²) < 4.78 is 28.2. The molecule has 0 saturated carbocycles. The lowest BCUT2D eigenvalue weighted by molar-refractivity contribution is -0.113. The molecule has 1 rings (SSSR count). The normalized spacial score (nSPS) is 11.2. The molecule has 0 heterocycles. The van der Waals surface area contributed by atoms with Gasteiger partial charge in [0, 0.05) is 0 Å². The van der Waals surface area contributed by atoms with Gasteiger partial charge in [-0.15, -0.1) is 0 Å². The van der Waals surface area contributed by atoms with Crippen LogP contribution in [0.4, 0.5) is 5.69 Å². The summed E-state index contributed by atoms with van der Waals surface area (Å²) in [7, 11) is -2.16. The van der Waals surface area contributed by atoms with Gasteiger partial charge in [-0.05, 0) is 32.0 Å². The zero-order chi connectivity index (χ0) is 16.2. The number of hydrogen-bond donors (Lipinski definition) is 2. The molecule has 0 aliphatic heterocycles. The zero-order valence-corrected chi connectivity index (χ0v) is 12.7. The van der Waals surface area contributed by atoms with Crippen LogP contribution in [0.1, 0.15) is 24.2 Å². The summed E-state index contributed by atoms with van der Waals surface area (Å²) in [6.45, 7) is 2.94. The standard InChI is InChI=1S/C13H17NO6S/c1-8(2)21(18,19)7-12(15)14-11-5-4-9(20-3)6-10(11)13(16)17/h4-6,8H,7H2,1-3H3,(H,14,15)(H,16,17). The van der Waals surface area contributed by atoms with Crippen LogP contribution >= 0.6 is 0 Å². The molecule has 1 amide bonds. The Morgan fingerprint density at radius 3 is 2.43 bits per heavy atom. The fourth-order valence-electron chi connectivity index (χ4n) is 1.47. The van der Waals surface area contributed by atoms with Gasteiger partial charge in [0.2, 0.25) is 5.91 Å². The summed E-state index contributed by atoms with van der Waals surface area (Å²) in [6, 6.07) is 4.07. The van der Waals surface area contributed by atoms with Gasteiger partial charge in [0.25, 0.3) is 0 Å². The Morgan fingerprint density at radius 1 is 1.33 bits per heavy atom. The van der Waals surface area contributed by atoms with Gasteiger partial charge in [0.05, 0.1) is 23.6 Å². The van der Waals surface area contributed by atoms with Gasteiger partial charge >= 0.3 is 5.97 Å². The molecule has 0 bridgehead atoms. The number of methoxy groups -OCH3 is 1. The van der Waals surface area contributed by atoms with Crippen LogP contribution < -0.4 is 10.1 Å². The van der Waals surface area contributed by atoms with Crippen molar-refractivity contribution in [2.75, 3.05) is 18.2 Å². The number of ether oxygens (including phenoxy) is 1. The van der Waals surface area contributed by atoms with Crippen molar-refractivity contribution in [3.63, 3.8) is 0 Å². The number of benzene rings is 1. The summed E-state index contributed by atoms with van der Waals surface area (Å²) in [5, 5.41) is 10.7. The van der Waals surface area contributed by atoms with Gasteiger partial charge in [-0.3, -0.25) is 4.79 Å². The maximum absolute atomic E-state index is 11.7. The molecule has 0 aliphatic carbocycles. The second-order valence-electron chi connectivity index (χ2n) is 4.62. The first-order valence-electron chi connectivity index (χ1n) is 6.10. The third-order valence-electron chi connectivity index (χ3n) is 2.78. The molecule has 1 aromatic rings. The van der Waals surface area contributed by atoms with Crippen molar-refractivity contribution in [1.29, 1.82) is 0 Å². The van der Waals surface area contributed by atoms with E-state index in [9.17, 15) is 18.0 Å². The minimum absolute atomic E-state index is 0.0206. The molecule has 0 spiro atoms. The van der Waals surface area contributed by atoms with E-state index in [1.165, 1.54) is 39.2 Å². The number of carbonyl (C=O) groups is 2. The summed E-state index contributed by atoms with van der Waals surface area (Å²) in [4.78, 5) is 22.9. The highest BCUT2D eigenvalue weighted by atomic mass is 32.2. The summed E-state index contributed by atoms with van der Waals surface area (Å²) in [6.07, 6.45) is 0. The van der Waals surface area contributed by atoms with Crippen LogP contribution in [0.15, 0.2) is 18.2 Å². The third kappa shape index (κ3) is 4.45. The molecule has 8 heteroatoms. The zero-order valence-electron chi connectivity index (χ0n) is 11.9. The van der Waals surface area contributed by atoms with E-state index in [4.69, 9.17) is 9.84 Å². The Bertz CT molecular complexity index is 651. The lowest BCUT2D eigenvalue weighted by Gasteiger charge is -2.11. The number of carbonyl (C=O) groups excluding carboxylic acids is 1. The Morgan fingerprint density at radius 2 is 1.95 bits per heavy atom. The average molecular weight is 315 g/mol. The molecule has 21 heavy (non-hydrogen) atoms. The number of anilines is 1. The monoisotopic (exact) mass is 315 g/mol. The highest BCUT2D eigenvalue weighted by Crippen LogP contribution is 2.22. The minimum Gasteiger partial charge on any atom is -0.497 e. The van der Waals surface area contributed by atoms with Crippen molar-refractivity contribution in [3.05, 3.63) is 23.8 Å². The molecule has 0 fully saturated rings. The Labute approximate surface area is 122 Å². The Balaban J connectivity index is 2.98. The Hall–Kier alpha value is -2.09. The van der Waals surface area contributed by atoms with E-state index in [0.29, 0.717) is 5.75 Å². The summed E-state index contributed by atoms with van der Waals surface area (Å²) >= 11 is 0. The van der Waals surface area contributed by atoms with Crippen molar-refractivity contribution in [2.45, 2.75) is 19.1 Å². The average Bonchev–Trinajstić information content (AvgIpc) is 2.37. The predicted molar refractivity (Wildman–Crippen MR) is 77.5 cm³/mol. The number of hydrogen-bond acceptors (Lipinski definition) is 5. The summed E-state index contributed by atoms with van der Waals surface area (Å²) in [5.41, 5.74) is -0.156. The smallest absolute Gasteiger partial charge is 0.337 e. The molecule has 0 aromatic heterocycles. The largest absolute Gasteiger partial charge is 0.497 e. The lowest BCUT2D eigenvalue weighted by Crippen LogP contribution is -2.28. The number of nitrogens with one attached hydrogen (secondary N) is 1. The fourth-order valence-corrected chi connectivity index (χ4v) is 2.24. The van der Waals surface area contributed by atoms with Crippen LogP contribution in [0.3, 0.4) is 0 Å². The van der Waals surface area contributed by atoms with E-state index in [1.807, 2.05) is 0 Å². The van der Waals surface area contributed by atoms with E-state index < -0.39 is 32.7 Å². The van der Waals surface area contributed by atoms with Crippen molar-refractivity contribution in [2.24, 2.45) is 0 Å². The van der Waals surface area contributed by atoms with E-state index in [-0.39, 0.29) is 11.3 Å². The molecule has 116 valence electrons. The Kier molecular flexibility index (Phi) is 5.31. The van der Waals surface area contributed by atoms with Crippen LogP contribution in [0, 0.1) is 0 Å². The van der Waals surface area contributed by atoms with Crippen LogP contribution in [0.5, 0.6) is 5.75 Å². The summed E-state index contributed by atoms with van der Waals surface area (Å²) in [5.74, 6) is -2.41. The first-order chi connectivity index (χ1) is 9.67. The maximum Gasteiger partial charge on any atom is 0.337 e. The van der Waals surface area contributed by atoms with E-state index >= 15 is 0 Å². The molecular formula is C13H17NO6S. The van der Waals surface area contributed by atoms with Crippen molar-refractivity contribution in [3.8, 4) is 5.75 Å². The second kappa shape index (κ2) is 6.57. The van der Waals surface area contributed by atoms with Gasteiger partial charge < -0.3 is 15.2 Å². The molecule has 0 aliphatic rings. The first kappa shape index (κ1) is 17.0. The van der Waals surface area contributed by atoms with E-state index in [1.54, 1.807) is 0 Å². The molecule has 2 N–H and O–H groups in total. The highest BCUT2D eigenvalue weighted by molar-refractivity contribution is 7.92. The lowest BCUT2D eigenvalue weighted by atomic mass is 10.1. The topological polar surface area (TPSA) is 110 Å². The van der Waals surface area contributed by atoms with Crippen LogP contribution in [0.25, 0.3) is 0 Å². The van der Waals surface area contributed by atoms with E-state index in [0.717, 1.165) is 0 Å². The van der Waals surface area contributed by atoms with Gasteiger partial charge in [-0.25, -0.2) is 13.2 Å². The van der Waals surface area contributed by atoms with Gasteiger partial charge in [-0.2, -0.15) is 0 Å². The second-order valence-corrected chi connectivity index (χ2v) is 7.18. The fraction of sp³-hybridized carbons (Fsp3) is 0.385. The van der Waals surface area contributed by atoms with Crippen molar-refractivity contribution >= 4 is 27.4 Å². The molecule has 0 radical (unpaired) electrons. The molecule has 7 nitrogen and oxygen atoms in total. The molecule has 0 saturated heterocycles. The van der Waals surface area contributed by atoms with Crippen molar-refractivity contribution in [1.82, 2.24) is 0 Å². The molecule has 1 aromatic carbocycles. The number of rotatable bonds is 6. The van der Waals surface area contributed by atoms with Crippen LogP contribution in [-0.4, -0.2) is 43.5 Å².